The number of ether oxygens (including phenoxy) is 2. The molecule has 2 saturated carbocycles. The van der Waals surface area contributed by atoms with Crippen molar-refractivity contribution in [1.82, 2.24) is 20.4 Å². The molecule has 8 nitrogen and oxygen atoms in total. The van der Waals surface area contributed by atoms with Crippen molar-refractivity contribution in [2.75, 3.05) is 39.3 Å². The number of morpholine rings is 1. The summed E-state index contributed by atoms with van der Waals surface area (Å²) in [5.41, 5.74) is 0.150. The number of hydrogen-bond donors (Lipinski definition) is 2. The Morgan fingerprint density at radius 1 is 1.16 bits per heavy atom. The second-order valence-electron chi connectivity index (χ2n) is 11.7. The highest BCUT2D eigenvalue weighted by Crippen LogP contribution is 2.46. The Labute approximate surface area is 223 Å². The number of alkyl halides is 2. The molecule has 9 atom stereocenters. The first-order valence-electron chi connectivity index (χ1n) is 14.3. The quantitative estimate of drug-likeness (QED) is 0.377. The lowest BCUT2D eigenvalue weighted by atomic mass is 9.69. The van der Waals surface area contributed by atoms with Crippen LogP contribution >= 0.6 is 11.6 Å². The van der Waals surface area contributed by atoms with E-state index in [1.807, 2.05) is 0 Å². The molecule has 0 radical (unpaired) electrons. The lowest BCUT2D eigenvalue weighted by Gasteiger charge is -2.59. The summed E-state index contributed by atoms with van der Waals surface area (Å²) in [6, 6.07) is -0.832. The molecule has 3 saturated heterocycles. The van der Waals surface area contributed by atoms with Crippen molar-refractivity contribution in [2.24, 2.45) is 5.92 Å². The van der Waals surface area contributed by atoms with Gasteiger partial charge >= 0.3 is 0 Å². The summed E-state index contributed by atoms with van der Waals surface area (Å²) in [4.78, 5) is 31.3. The van der Waals surface area contributed by atoms with E-state index in [1.54, 1.807) is 6.20 Å². The Balaban J connectivity index is 1.23. The van der Waals surface area contributed by atoms with Crippen molar-refractivity contribution >= 4 is 23.3 Å². The van der Waals surface area contributed by atoms with E-state index in [0.29, 0.717) is 13.1 Å². The van der Waals surface area contributed by atoms with Gasteiger partial charge in [-0.25, -0.2) is 4.39 Å². The van der Waals surface area contributed by atoms with E-state index in [9.17, 15) is 9.59 Å². The molecule has 0 aromatic heterocycles. The summed E-state index contributed by atoms with van der Waals surface area (Å²) in [7, 11) is 0. The largest absolute Gasteiger partial charge is 0.377 e. The van der Waals surface area contributed by atoms with Gasteiger partial charge in [0.2, 0.25) is 0 Å². The summed E-state index contributed by atoms with van der Waals surface area (Å²) in [5.74, 6) is -1.22. The predicted molar refractivity (Wildman–Crippen MR) is 137 cm³/mol. The van der Waals surface area contributed by atoms with Crippen LogP contribution in [0.25, 0.3) is 0 Å². The number of nitrogens with zero attached hydrogens (tertiary/aromatic N) is 2. The molecule has 5 fully saturated rings. The highest BCUT2D eigenvalue weighted by molar-refractivity contribution is 6.21. The predicted octanol–water partition coefficient (Wildman–Crippen LogP) is 1.76. The fourth-order valence-electron chi connectivity index (χ4n) is 7.46. The van der Waals surface area contributed by atoms with Gasteiger partial charge in [-0.2, -0.15) is 0 Å². The van der Waals surface area contributed by atoms with Gasteiger partial charge in [0.25, 0.3) is 5.91 Å². The van der Waals surface area contributed by atoms with Crippen LogP contribution in [-0.2, 0) is 19.1 Å². The molecule has 10 heteroatoms. The van der Waals surface area contributed by atoms with Gasteiger partial charge in [-0.1, -0.05) is 0 Å². The Kier molecular flexibility index (Phi) is 7.78. The zero-order valence-electron chi connectivity index (χ0n) is 21.5. The number of carbonyl (C=O) groups excluding carboxylic acids is 2. The van der Waals surface area contributed by atoms with Crippen LogP contribution < -0.4 is 10.6 Å². The second-order valence-corrected chi connectivity index (χ2v) is 12.3. The smallest absolute Gasteiger partial charge is 0.256 e. The normalized spacial score (nSPS) is 41.8. The summed E-state index contributed by atoms with van der Waals surface area (Å²) in [6.07, 6.45) is 6.87. The van der Waals surface area contributed by atoms with Gasteiger partial charge in [0.1, 0.15) is 6.17 Å². The Morgan fingerprint density at radius 3 is 2.78 bits per heavy atom. The average molecular weight is 539 g/mol. The summed E-state index contributed by atoms with van der Waals surface area (Å²) in [6.45, 7) is 4.72. The van der Waals surface area contributed by atoms with Crippen LogP contribution in [0.4, 0.5) is 4.39 Å². The summed E-state index contributed by atoms with van der Waals surface area (Å²) < 4.78 is 28.1. The number of carbonyl (C=O) groups is 2. The van der Waals surface area contributed by atoms with Crippen molar-refractivity contribution in [3.8, 4) is 0 Å². The molecule has 2 N–H and O–H groups in total. The van der Waals surface area contributed by atoms with Crippen LogP contribution in [-0.4, -0.2) is 109 Å². The minimum absolute atomic E-state index is 0.0181. The number of fused-ring (bicyclic) bond motifs is 2. The molecule has 0 aromatic rings. The van der Waals surface area contributed by atoms with Gasteiger partial charge in [-0.15, -0.1) is 11.6 Å². The van der Waals surface area contributed by atoms with Gasteiger partial charge in [0, 0.05) is 43.7 Å². The van der Waals surface area contributed by atoms with Crippen LogP contribution in [0, 0.1) is 5.92 Å². The van der Waals surface area contributed by atoms with Crippen LogP contribution in [0.1, 0.15) is 51.4 Å². The van der Waals surface area contributed by atoms with Gasteiger partial charge in [-0.05, 0) is 64.5 Å². The highest BCUT2D eigenvalue weighted by Gasteiger charge is 2.58. The first kappa shape index (κ1) is 26.0. The van der Waals surface area contributed by atoms with Crippen LogP contribution in [0.15, 0.2) is 11.8 Å². The van der Waals surface area contributed by atoms with Crippen molar-refractivity contribution in [1.29, 1.82) is 0 Å². The zero-order chi connectivity index (χ0) is 25.5. The van der Waals surface area contributed by atoms with E-state index in [-0.39, 0.29) is 53.4 Å². The molecule has 0 spiro atoms. The molecule has 206 valence electrons. The third-order valence-electron chi connectivity index (χ3n) is 9.36. The number of rotatable bonds is 7. The maximum atomic E-state index is 15.7. The molecule has 0 bridgehead atoms. The molecule has 1 amide bonds. The number of amides is 1. The van der Waals surface area contributed by atoms with Crippen molar-refractivity contribution in [3.63, 3.8) is 0 Å². The van der Waals surface area contributed by atoms with Gasteiger partial charge in [0.15, 0.2) is 5.78 Å². The molecule has 4 heterocycles. The molecule has 9 unspecified atom stereocenters. The first-order valence-corrected chi connectivity index (χ1v) is 14.8. The minimum Gasteiger partial charge on any atom is -0.377 e. The third kappa shape index (κ3) is 5.19. The average Bonchev–Trinajstić information content (AvgIpc) is 3.60. The number of Topliss-reactive ketones (excluding diaryl/α,β-unsaturated/α-hetero) is 1. The molecule has 2 aliphatic carbocycles. The molecule has 37 heavy (non-hydrogen) atoms. The zero-order valence-corrected chi connectivity index (χ0v) is 22.2. The first-order chi connectivity index (χ1) is 18.0. The number of nitrogens with one attached hydrogen (secondary N) is 2. The molecular formula is C27H40ClFN4O4. The van der Waals surface area contributed by atoms with Gasteiger partial charge < -0.3 is 29.9 Å². The maximum Gasteiger partial charge on any atom is 0.256 e. The minimum atomic E-state index is -1.24. The van der Waals surface area contributed by atoms with Crippen LogP contribution in [0.3, 0.4) is 0 Å². The topological polar surface area (TPSA) is 83.1 Å². The molecule has 0 aromatic carbocycles. The van der Waals surface area contributed by atoms with E-state index in [0.717, 1.165) is 58.3 Å². The van der Waals surface area contributed by atoms with Crippen molar-refractivity contribution in [2.45, 2.75) is 99.4 Å². The van der Waals surface area contributed by atoms with Crippen LogP contribution in [0.5, 0.6) is 0 Å². The lowest BCUT2D eigenvalue weighted by Crippen LogP contribution is -2.73. The van der Waals surface area contributed by atoms with Gasteiger partial charge in [0.05, 0.1) is 42.0 Å². The summed E-state index contributed by atoms with van der Waals surface area (Å²) in [5, 5.41) is 6.40. The molecule has 4 aliphatic heterocycles. The number of hydrogen-bond acceptors (Lipinski definition) is 7. The van der Waals surface area contributed by atoms with E-state index >= 15 is 4.39 Å². The maximum absolute atomic E-state index is 15.7. The van der Waals surface area contributed by atoms with E-state index in [4.69, 9.17) is 21.1 Å². The lowest BCUT2D eigenvalue weighted by molar-refractivity contribution is -0.197. The molecule has 6 rings (SSSR count). The second kappa shape index (κ2) is 11.1. The number of halogens is 2. The Hall–Kier alpha value is -1.26. The Bertz CT molecular complexity index is 896. The summed E-state index contributed by atoms with van der Waals surface area (Å²) >= 11 is 6.58. The van der Waals surface area contributed by atoms with Crippen molar-refractivity contribution < 1.29 is 23.5 Å². The third-order valence-corrected chi connectivity index (χ3v) is 9.76. The number of likely N-dealkylation sites (tertiary alicyclic amines) is 1. The standard InChI is InChI=1S/C27H40ClFN4O4/c28-16-5-6-22-21(12-16)33-15-19(27(35)30-7-10-32-8-1-2-9-32)25(34)18-13-20(29)23(26(37-22)24(18)33)31-14-17-4-3-11-36-17/h15-18,20-24,26,31H,1-14H2,(H,30,35). The van der Waals surface area contributed by atoms with Crippen LogP contribution in [0.2, 0.25) is 0 Å². The highest BCUT2D eigenvalue weighted by atomic mass is 35.5. The van der Waals surface area contributed by atoms with E-state index in [1.165, 1.54) is 12.8 Å². The monoisotopic (exact) mass is 538 g/mol. The number of ketones is 1. The SMILES string of the molecule is O=C(NCCN1CCCC1)C1=CN2C3CC(Cl)CCC3OC3C(NCC4CCCO4)C(F)CC(C1=O)C32. The Morgan fingerprint density at radius 2 is 2.00 bits per heavy atom. The van der Waals surface area contributed by atoms with E-state index < -0.39 is 24.2 Å². The molecule has 6 aliphatic rings. The van der Waals surface area contributed by atoms with Crippen molar-refractivity contribution in [3.05, 3.63) is 11.8 Å². The molecular weight excluding hydrogens is 499 g/mol. The fraction of sp³-hybridized carbons (Fsp3) is 0.852. The fourth-order valence-corrected chi connectivity index (χ4v) is 7.76. The van der Waals surface area contributed by atoms with Gasteiger partial charge in [-0.3, -0.25) is 9.59 Å². The van der Waals surface area contributed by atoms with E-state index in [2.05, 4.69) is 20.4 Å².